The fourth-order valence-electron chi connectivity index (χ4n) is 3.60. The summed E-state index contributed by atoms with van der Waals surface area (Å²) in [5.74, 6) is 0. The lowest BCUT2D eigenvalue weighted by molar-refractivity contribution is 0.0261. The molecule has 0 aromatic rings. The van der Waals surface area contributed by atoms with Crippen LogP contribution in [0.15, 0.2) is 46.6 Å². The molecule has 0 unspecified atom stereocenters. The van der Waals surface area contributed by atoms with E-state index in [9.17, 15) is 25.5 Å². The Hall–Kier alpha value is -1.28. The Kier molecular flexibility index (Phi) is 7.79. The topological polar surface area (TPSA) is 114 Å². The number of fused-ring (bicyclic) bond motifs is 1. The van der Waals surface area contributed by atoms with Gasteiger partial charge in [-0.05, 0) is 64.2 Å². The maximum atomic E-state index is 10.6. The Morgan fingerprint density at radius 3 is 2.46 bits per heavy atom. The van der Waals surface area contributed by atoms with Crippen LogP contribution in [0.3, 0.4) is 0 Å². The molecule has 6 heteroatoms. The van der Waals surface area contributed by atoms with Crippen LogP contribution in [-0.2, 0) is 4.74 Å². The summed E-state index contributed by atoms with van der Waals surface area (Å²) in [7, 11) is 0. The predicted molar refractivity (Wildman–Crippen MR) is 108 cm³/mol. The SMILES string of the molecule is CC(C)=CCCC(C)=CC[C@H](O)C(C)=C[C@H](O)[C@]12O[C@H]1[C@@H](O)C(CO)=C[C@@H]2O. The second kappa shape index (κ2) is 9.48. The van der Waals surface area contributed by atoms with Crippen molar-refractivity contribution in [3.05, 3.63) is 46.6 Å². The molecule has 1 aliphatic carbocycles. The Morgan fingerprint density at radius 2 is 1.86 bits per heavy atom. The number of allylic oxidation sites excluding steroid dienone is 3. The Morgan fingerprint density at radius 1 is 1.18 bits per heavy atom. The number of ether oxygens (including phenoxy) is 1. The fraction of sp³-hybridized carbons (Fsp3) is 0.636. The van der Waals surface area contributed by atoms with Gasteiger partial charge < -0.3 is 30.3 Å². The third-order valence-electron chi connectivity index (χ3n) is 5.59. The van der Waals surface area contributed by atoms with Crippen molar-refractivity contribution >= 4 is 0 Å². The zero-order chi connectivity index (χ0) is 21.1. The van der Waals surface area contributed by atoms with Gasteiger partial charge in [0.15, 0.2) is 5.60 Å². The standard InChI is InChI=1S/C22H34O6/c1-13(2)6-5-7-14(3)8-9-17(24)15(4)10-18(25)22-19(26)11-16(12-23)20(27)21(22)28-22/h6,8,10-11,17-21,23-27H,5,7,9,12H2,1-4H3/t17-,18-,19-,20-,21-,22+/m0/s1. The molecule has 1 heterocycles. The van der Waals surface area contributed by atoms with Crippen molar-refractivity contribution in [3.8, 4) is 0 Å². The van der Waals surface area contributed by atoms with Crippen LogP contribution in [0, 0.1) is 0 Å². The maximum Gasteiger partial charge on any atom is 0.156 e. The van der Waals surface area contributed by atoms with Gasteiger partial charge in [-0.25, -0.2) is 0 Å². The quantitative estimate of drug-likeness (QED) is 0.299. The molecule has 6 nitrogen and oxygen atoms in total. The Balaban J connectivity index is 1.97. The molecule has 6 atom stereocenters. The van der Waals surface area contributed by atoms with Crippen molar-refractivity contribution in [2.45, 2.75) is 83.1 Å². The van der Waals surface area contributed by atoms with Crippen molar-refractivity contribution in [1.29, 1.82) is 0 Å². The third kappa shape index (κ3) is 5.00. The van der Waals surface area contributed by atoms with Crippen LogP contribution in [0.25, 0.3) is 0 Å². The summed E-state index contributed by atoms with van der Waals surface area (Å²) in [6.07, 6.45) is 4.41. The van der Waals surface area contributed by atoms with Crippen LogP contribution in [0.5, 0.6) is 0 Å². The first-order valence-corrected chi connectivity index (χ1v) is 9.82. The summed E-state index contributed by atoms with van der Waals surface area (Å²) in [6.45, 7) is 7.51. The second-order valence-corrected chi connectivity index (χ2v) is 8.16. The molecule has 2 aliphatic rings. The molecule has 1 fully saturated rings. The highest BCUT2D eigenvalue weighted by Crippen LogP contribution is 2.50. The number of aliphatic hydroxyl groups excluding tert-OH is 5. The summed E-state index contributed by atoms with van der Waals surface area (Å²) < 4.78 is 5.47. The molecule has 5 N–H and O–H groups in total. The van der Waals surface area contributed by atoms with Gasteiger partial charge in [0.05, 0.1) is 12.7 Å². The lowest BCUT2D eigenvalue weighted by Gasteiger charge is -2.28. The minimum Gasteiger partial charge on any atom is -0.392 e. The number of hydrogen-bond acceptors (Lipinski definition) is 6. The zero-order valence-corrected chi connectivity index (χ0v) is 17.2. The summed E-state index contributed by atoms with van der Waals surface area (Å²) >= 11 is 0. The van der Waals surface area contributed by atoms with Crippen molar-refractivity contribution < 1.29 is 30.3 Å². The molecule has 0 amide bonds. The highest BCUT2D eigenvalue weighted by atomic mass is 16.6. The third-order valence-corrected chi connectivity index (χ3v) is 5.59. The minimum absolute atomic E-state index is 0.285. The first kappa shape index (κ1) is 23.0. The number of aliphatic hydroxyl groups is 5. The average Bonchev–Trinajstić information content (AvgIpc) is 3.40. The molecule has 0 spiro atoms. The monoisotopic (exact) mass is 394 g/mol. The largest absolute Gasteiger partial charge is 0.392 e. The van der Waals surface area contributed by atoms with Gasteiger partial charge in [0.1, 0.15) is 24.4 Å². The van der Waals surface area contributed by atoms with Crippen molar-refractivity contribution in [2.75, 3.05) is 6.61 Å². The summed E-state index contributed by atoms with van der Waals surface area (Å²) in [6, 6.07) is 0. The van der Waals surface area contributed by atoms with Crippen LogP contribution < -0.4 is 0 Å². The number of rotatable bonds is 9. The lowest BCUT2D eigenvalue weighted by Crippen LogP contribution is -2.48. The van der Waals surface area contributed by atoms with Gasteiger partial charge in [-0.2, -0.15) is 0 Å². The lowest BCUT2D eigenvalue weighted by atomic mass is 9.81. The van der Waals surface area contributed by atoms with Gasteiger partial charge in [0.25, 0.3) is 0 Å². The molecule has 0 aromatic carbocycles. The first-order valence-electron chi connectivity index (χ1n) is 9.82. The number of hydrogen-bond donors (Lipinski definition) is 5. The second-order valence-electron chi connectivity index (χ2n) is 8.16. The van der Waals surface area contributed by atoms with Crippen LogP contribution in [0.2, 0.25) is 0 Å². The highest BCUT2D eigenvalue weighted by Gasteiger charge is 2.69. The average molecular weight is 395 g/mol. The molecule has 2 rings (SSSR count). The summed E-state index contributed by atoms with van der Waals surface area (Å²) in [5, 5.41) is 50.7. The van der Waals surface area contributed by atoms with E-state index >= 15 is 0 Å². The van der Waals surface area contributed by atoms with Crippen molar-refractivity contribution in [1.82, 2.24) is 0 Å². The maximum absolute atomic E-state index is 10.6. The molecule has 0 saturated carbocycles. The van der Waals surface area contributed by atoms with Gasteiger partial charge in [0.2, 0.25) is 0 Å². The summed E-state index contributed by atoms with van der Waals surface area (Å²) in [5.41, 5.74) is 2.02. The van der Waals surface area contributed by atoms with E-state index in [2.05, 4.69) is 19.9 Å². The van der Waals surface area contributed by atoms with Crippen LogP contribution >= 0.6 is 0 Å². The van der Waals surface area contributed by atoms with E-state index < -0.39 is 36.1 Å². The smallest absolute Gasteiger partial charge is 0.156 e. The highest BCUT2D eigenvalue weighted by molar-refractivity contribution is 5.35. The molecule has 1 aliphatic heterocycles. The molecule has 0 radical (unpaired) electrons. The normalized spacial score (nSPS) is 32.3. The van der Waals surface area contributed by atoms with Gasteiger partial charge in [0, 0.05) is 0 Å². The van der Waals surface area contributed by atoms with Crippen molar-refractivity contribution in [2.24, 2.45) is 0 Å². The number of epoxide rings is 1. The summed E-state index contributed by atoms with van der Waals surface area (Å²) in [4.78, 5) is 0. The molecule has 0 aromatic heterocycles. The molecule has 0 bridgehead atoms. The van der Waals surface area contributed by atoms with Gasteiger partial charge in [-0.3, -0.25) is 0 Å². The van der Waals surface area contributed by atoms with Gasteiger partial charge in [-0.15, -0.1) is 0 Å². The van der Waals surface area contributed by atoms with E-state index in [1.54, 1.807) is 6.92 Å². The van der Waals surface area contributed by atoms with E-state index in [-0.39, 0.29) is 12.2 Å². The molecular formula is C22H34O6. The minimum atomic E-state index is -1.32. The molecule has 28 heavy (non-hydrogen) atoms. The van der Waals surface area contributed by atoms with E-state index in [0.717, 1.165) is 12.8 Å². The van der Waals surface area contributed by atoms with Crippen LogP contribution in [0.4, 0.5) is 0 Å². The van der Waals surface area contributed by atoms with E-state index in [1.807, 2.05) is 13.0 Å². The van der Waals surface area contributed by atoms with Crippen LogP contribution in [0.1, 0.15) is 47.0 Å². The van der Waals surface area contributed by atoms with Crippen molar-refractivity contribution in [3.63, 3.8) is 0 Å². The Bertz CT molecular complexity index is 673. The predicted octanol–water partition coefficient (Wildman–Crippen LogP) is 1.53. The van der Waals surface area contributed by atoms with E-state index in [1.165, 1.54) is 23.3 Å². The van der Waals surface area contributed by atoms with E-state index in [0.29, 0.717) is 12.0 Å². The molecular weight excluding hydrogens is 360 g/mol. The first-order chi connectivity index (χ1) is 13.1. The van der Waals surface area contributed by atoms with E-state index in [4.69, 9.17) is 4.74 Å². The van der Waals surface area contributed by atoms with Gasteiger partial charge in [-0.1, -0.05) is 29.4 Å². The van der Waals surface area contributed by atoms with Crippen LogP contribution in [-0.4, -0.2) is 68.3 Å². The Labute approximate surface area is 167 Å². The zero-order valence-electron chi connectivity index (χ0n) is 17.2. The molecule has 1 saturated heterocycles. The van der Waals surface area contributed by atoms with Gasteiger partial charge >= 0.3 is 0 Å². The molecule has 158 valence electrons. The fourth-order valence-corrected chi connectivity index (χ4v) is 3.60.